The van der Waals surface area contributed by atoms with Crippen molar-refractivity contribution < 1.29 is 5.11 Å². The second kappa shape index (κ2) is 6.12. The first-order chi connectivity index (χ1) is 9.03. The van der Waals surface area contributed by atoms with Crippen molar-refractivity contribution >= 4 is 11.6 Å². The number of aromatic hydroxyl groups is 1. The Balaban J connectivity index is 1.90. The fraction of sp³-hybridized carbons (Fsp3) is 0.600. The molecular weight excluding hydrogens is 260 g/mol. The molecule has 4 heteroatoms. The molecule has 3 nitrogen and oxygen atoms in total. The van der Waals surface area contributed by atoms with Crippen molar-refractivity contribution in [2.24, 2.45) is 0 Å². The van der Waals surface area contributed by atoms with Gasteiger partial charge in [-0.15, -0.1) is 0 Å². The molecule has 1 aromatic carbocycles. The third kappa shape index (κ3) is 3.41. The minimum Gasteiger partial charge on any atom is -0.506 e. The molecule has 0 atom stereocenters. The zero-order chi connectivity index (χ0) is 13.9. The summed E-state index contributed by atoms with van der Waals surface area (Å²) in [6, 6.07) is 5.38. The molecule has 0 amide bonds. The number of nitrogens with zero attached hydrogens (tertiary/aromatic N) is 1. The van der Waals surface area contributed by atoms with Crippen LogP contribution in [0.2, 0.25) is 5.02 Å². The van der Waals surface area contributed by atoms with E-state index in [0.717, 1.165) is 18.7 Å². The summed E-state index contributed by atoms with van der Waals surface area (Å²) in [5, 5.41) is 13.3. The third-order valence-corrected chi connectivity index (χ3v) is 4.58. The summed E-state index contributed by atoms with van der Waals surface area (Å²) in [5.74, 6) is 0.144. The molecule has 1 saturated carbocycles. The molecule has 0 unspecified atom stereocenters. The van der Waals surface area contributed by atoms with Crippen LogP contribution in [0, 0.1) is 0 Å². The molecule has 0 radical (unpaired) electrons. The number of hydrogen-bond acceptors (Lipinski definition) is 3. The van der Waals surface area contributed by atoms with E-state index in [2.05, 4.69) is 24.3 Å². The SMILES string of the molecule is CN(C)C1(CNCc2ccc(O)c(Cl)c2)CCCC1. The normalized spacial score (nSPS) is 18.1. The minimum atomic E-state index is 0.144. The van der Waals surface area contributed by atoms with Crippen molar-refractivity contribution in [2.45, 2.75) is 37.8 Å². The summed E-state index contributed by atoms with van der Waals surface area (Å²) in [6.45, 7) is 1.79. The number of rotatable bonds is 5. The highest BCUT2D eigenvalue weighted by Gasteiger charge is 2.35. The summed E-state index contributed by atoms with van der Waals surface area (Å²) < 4.78 is 0. The van der Waals surface area contributed by atoms with Crippen LogP contribution < -0.4 is 5.32 Å². The first-order valence-electron chi connectivity index (χ1n) is 6.89. The Morgan fingerprint density at radius 3 is 2.58 bits per heavy atom. The molecule has 0 spiro atoms. The lowest BCUT2D eigenvalue weighted by atomic mass is 9.96. The zero-order valence-electron chi connectivity index (χ0n) is 11.7. The van der Waals surface area contributed by atoms with Gasteiger partial charge >= 0.3 is 0 Å². The molecule has 106 valence electrons. The monoisotopic (exact) mass is 282 g/mol. The van der Waals surface area contributed by atoms with Crippen LogP contribution in [0.3, 0.4) is 0 Å². The van der Waals surface area contributed by atoms with Crippen LogP contribution in [0.5, 0.6) is 5.75 Å². The number of phenols is 1. The minimum absolute atomic E-state index is 0.144. The highest BCUT2D eigenvalue weighted by Crippen LogP contribution is 2.33. The quantitative estimate of drug-likeness (QED) is 0.871. The summed E-state index contributed by atoms with van der Waals surface area (Å²) in [6.07, 6.45) is 5.18. The molecule has 0 aliphatic heterocycles. The molecule has 1 aromatic rings. The topological polar surface area (TPSA) is 35.5 Å². The fourth-order valence-corrected chi connectivity index (χ4v) is 3.12. The van der Waals surface area contributed by atoms with Gasteiger partial charge in [0.1, 0.15) is 5.75 Å². The van der Waals surface area contributed by atoms with Crippen molar-refractivity contribution in [3.8, 4) is 5.75 Å². The maximum absolute atomic E-state index is 9.40. The van der Waals surface area contributed by atoms with Gasteiger partial charge in [0.15, 0.2) is 0 Å². The first kappa shape index (κ1) is 14.6. The van der Waals surface area contributed by atoms with Crippen LogP contribution in [0.1, 0.15) is 31.2 Å². The maximum atomic E-state index is 9.40. The van der Waals surface area contributed by atoms with Crippen LogP contribution in [0.15, 0.2) is 18.2 Å². The van der Waals surface area contributed by atoms with E-state index in [0.29, 0.717) is 10.6 Å². The predicted octanol–water partition coefficient (Wildman–Crippen LogP) is 3.01. The Labute approximate surface area is 120 Å². The van der Waals surface area contributed by atoms with E-state index in [1.807, 2.05) is 12.1 Å². The largest absolute Gasteiger partial charge is 0.506 e. The molecule has 0 bridgehead atoms. The van der Waals surface area contributed by atoms with E-state index in [1.54, 1.807) is 6.07 Å². The van der Waals surface area contributed by atoms with Crippen molar-refractivity contribution in [1.82, 2.24) is 10.2 Å². The smallest absolute Gasteiger partial charge is 0.134 e. The van der Waals surface area contributed by atoms with Crippen molar-refractivity contribution in [2.75, 3.05) is 20.6 Å². The van der Waals surface area contributed by atoms with Gasteiger partial charge in [0.25, 0.3) is 0 Å². The Morgan fingerprint density at radius 2 is 2.00 bits per heavy atom. The predicted molar refractivity (Wildman–Crippen MR) is 79.7 cm³/mol. The Bertz CT molecular complexity index is 428. The molecular formula is C15H23ClN2O. The van der Waals surface area contributed by atoms with Gasteiger partial charge in [0.2, 0.25) is 0 Å². The summed E-state index contributed by atoms with van der Waals surface area (Å²) in [4.78, 5) is 2.36. The molecule has 0 heterocycles. The van der Waals surface area contributed by atoms with Crippen molar-refractivity contribution in [3.05, 3.63) is 28.8 Å². The number of halogens is 1. The Hall–Kier alpha value is -0.770. The van der Waals surface area contributed by atoms with Crippen LogP contribution in [-0.2, 0) is 6.54 Å². The van der Waals surface area contributed by atoms with E-state index in [-0.39, 0.29) is 5.75 Å². The van der Waals surface area contributed by atoms with Gasteiger partial charge in [-0.1, -0.05) is 30.5 Å². The van der Waals surface area contributed by atoms with Gasteiger partial charge < -0.3 is 15.3 Å². The van der Waals surface area contributed by atoms with E-state index >= 15 is 0 Å². The number of hydrogen-bond donors (Lipinski definition) is 2. The van der Waals surface area contributed by atoms with E-state index in [1.165, 1.54) is 25.7 Å². The average Bonchev–Trinajstić information content (AvgIpc) is 2.84. The summed E-state index contributed by atoms with van der Waals surface area (Å²) in [5.41, 5.74) is 1.41. The third-order valence-electron chi connectivity index (χ3n) is 4.28. The summed E-state index contributed by atoms with van der Waals surface area (Å²) in [7, 11) is 4.34. The van der Waals surface area contributed by atoms with Gasteiger partial charge in [0.05, 0.1) is 5.02 Å². The molecule has 2 rings (SSSR count). The number of likely N-dealkylation sites (N-methyl/N-ethyl adjacent to an activating group) is 1. The molecule has 1 fully saturated rings. The van der Waals surface area contributed by atoms with Gasteiger partial charge in [-0.05, 0) is 44.6 Å². The second-order valence-corrected chi connectivity index (χ2v) is 6.12. The molecule has 1 aliphatic carbocycles. The standard InChI is InChI=1S/C15H23ClN2O/c1-18(2)15(7-3-4-8-15)11-17-10-12-5-6-14(19)13(16)9-12/h5-6,9,17,19H,3-4,7-8,10-11H2,1-2H3. The Morgan fingerprint density at radius 1 is 1.32 bits per heavy atom. The lowest BCUT2D eigenvalue weighted by Crippen LogP contribution is -2.49. The lowest BCUT2D eigenvalue weighted by molar-refractivity contribution is 0.153. The van der Waals surface area contributed by atoms with Gasteiger partial charge in [-0.25, -0.2) is 0 Å². The Kier molecular flexibility index (Phi) is 4.71. The maximum Gasteiger partial charge on any atom is 0.134 e. The molecule has 0 aromatic heterocycles. The number of phenolic OH excluding ortho intramolecular Hbond substituents is 1. The molecule has 19 heavy (non-hydrogen) atoms. The highest BCUT2D eigenvalue weighted by molar-refractivity contribution is 6.32. The molecule has 1 aliphatic rings. The average molecular weight is 283 g/mol. The second-order valence-electron chi connectivity index (χ2n) is 5.72. The van der Waals surface area contributed by atoms with Crippen LogP contribution in [0.25, 0.3) is 0 Å². The summed E-state index contributed by atoms with van der Waals surface area (Å²) >= 11 is 5.91. The van der Waals surface area contributed by atoms with E-state index in [9.17, 15) is 5.11 Å². The van der Waals surface area contributed by atoms with E-state index in [4.69, 9.17) is 11.6 Å². The first-order valence-corrected chi connectivity index (χ1v) is 7.27. The van der Waals surface area contributed by atoms with Crippen LogP contribution >= 0.6 is 11.6 Å². The molecule has 0 saturated heterocycles. The highest BCUT2D eigenvalue weighted by atomic mass is 35.5. The van der Waals surface area contributed by atoms with Crippen molar-refractivity contribution in [3.63, 3.8) is 0 Å². The number of nitrogens with one attached hydrogen (secondary N) is 1. The van der Waals surface area contributed by atoms with Crippen LogP contribution in [0.4, 0.5) is 0 Å². The van der Waals surface area contributed by atoms with Crippen molar-refractivity contribution in [1.29, 1.82) is 0 Å². The van der Waals surface area contributed by atoms with E-state index < -0.39 is 0 Å². The van der Waals surface area contributed by atoms with Gasteiger partial charge in [-0.2, -0.15) is 0 Å². The van der Waals surface area contributed by atoms with Gasteiger partial charge in [-0.3, -0.25) is 0 Å². The van der Waals surface area contributed by atoms with Crippen LogP contribution in [-0.4, -0.2) is 36.2 Å². The zero-order valence-corrected chi connectivity index (χ0v) is 12.5. The lowest BCUT2D eigenvalue weighted by Gasteiger charge is -2.36. The molecule has 2 N–H and O–H groups in total. The fourth-order valence-electron chi connectivity index (χ4n) is 2.92. The van der Waals surface area contributed by atoms with Gasteiger partial charge in [0, 0.05) is 18.6 Å². The number of benzene rings is 1.